The maximum absolute atomic E-state index is 12.7. The second-order valence-electron chi connectivity index (χ2n) is 8.76. The third-order valence-electron chi connectivity index (χ3n) is 6.51. The maximum Gasteiger partial charge on any atom is 0.246 e. The van der Waals surface area contributed by atoms with Crippen LogP contribution in [0.15, 0.2) is 30.3 Å². The molecular weight excluding hydrogens is 398 g/mol. The second kappa shape index (κ2) is 11.0. The summed E-state index contributed by atoms with van der Waals surface area (Å²) in [5.74, 6) is 0.696. The standard InChI is InChI=1S/C24H34ClN3O2/c1-26-16-13-22(14-17-26)27(2)23(29)11-8-20-4-3-15-28(18-20)24(30)12-7-19-5-9-21(25)10-6-19/h5-7,9-10,12,20,22H,3-4,8,11,13-18H2,1-2H3/b12-7+. The Balaban J connectivity index is 1.44. The van der Waals surface area contributed by atoms with Crippen molar-refractivity contribution in [1.29, 1.82) is 0 Å². The predicted octanol–water partition coefficient (Wildman–Crippen LogP) is 3.92. The van der Waals surface area contributed by atoms with Crippen molar-refractivity contribution in [1.82, 2.24) is 14.7 Å². The fourth-order valence-electron chi connectivity index (χ4n) is 4.44. The lowest BCUT2D eigenvalue weighted by Gasteiger charge is -2.36. The number of benzene rings is 1. The van der Waals surface area contributed by atoms with Crippen LogP contribution in [0.25, 0.3) is 6.08 Å². The largest absolute Gasteiger partial charge is 0.343 e. The lowest BCUT2D eigenvalue weighted by molar-refractivity contribution is -0.133. The van der Waals surface area contributed by atoms with Crippen molar-refractivity contribution in [2.45, 2.75) is 44.6 Å². The van der Waals surface area contributed by atoms with Crippen molar-refractivity contribution in [2.24, 2.45) is 5.92 Å². The van der Waals surface area contributed by atoms with Crippen LogP contribution in [0, 0.1) is 5.92 Å². The first-order valence-electron chi connectivity index (χ1n) is 11.1. The fraction of sp³-hybridized carbons (Fsp3) is 0.583. The molecule has 3 rings (SSSR count). The van der Waals surface area contributed by atoms with Gasteiger partial charge < -0.3 is 14.7 Å². The number of hydrogen-bond acceptors (Lipinski definition) is 3. The molecule has 30 heavy (non-hydrogen) atoms. The molecule has 1 atom stereocenters. The Morgan fingerprint density at radius 3 is 2.53 bits per heavy atom. The van der Waals surface area contributed by atoms with E-state index in [1.807, 2.05) is 47.2 Å². The molecule has 0 radical (unpaired) electrons. The highest BCUT2D eigenvalue weighted by atomic mass is 35.5. The molecule has 0 bridgehead atoms. The predicted molar refractivity (Wildman–Crippen MR) is 122 cm³/mol. The third-order valence-corrected chi connectivity index (χ3v) is 6.77. The molecule has 0 saturated carbocycles. The van der Waals surface area contributed by atoms with E-state index >= 15 is 0 Å². The van der Waals surface area contributed by atoms with E-state index in [-0.39, 0.29) is 11.8 Å². The summed E-state index contributed by atoms with van der Waals surface area (Å²) in [7, 11) is 4.09. The van der Waals surface area contributed by atoms with E-state index in [4.69, 9.17) is 11.6 Å². The molecule has 6 heteroatoms. The number of piperidine rings is 2. The maximum atomic E-state index is 12.7. The molecule has 2 aliphatic heterocycles. The van der Waals surface area contributed by atoms with Crippen molar-refractivity contribution in [3.63, 3.8) is 0 Å². The van der Waals surface area contributed by atoms with E-state index in [0.717, 1.165) is 63.8 Å². The van der Waals surface area contributed by atoms with E-state index in [0.29, 0.717) is 23.4 Å². The summed E-state index contributed by atoms with van der Waals surface area (Å²) in [5, 5.41) is 0.688. The van der Waals surface area contributed by atoms with Crippen molar-refractivity contribution in [3.05, 3.63) is 40.9 Å². The smallest absolute Gasteiger partial charge is 0.246 e. The summed E-state index contributed by atoms with van der Waals surface area (Å²) in [5.41, 5.74) is 0.962. The lowest BCUT2D eigenvalue weighted by Crippen LogP contribution is -2.44. The highest BCUT2D eigenvalue weighted by Gasteiger charge is 2.26. The minimum absolute atomic E-state index is 0.0458. The van der Waals surface area contributed by atoms with Crippen molar-refractivity contribution >= 4 is 29.5 Å². The molecule has 164 valence electrons. The average molecular weight is 432 g/mol. The minimum Gasteiger partial charge on any atom is -0.343 e. The number of hydrogen-bond donors (Lipinski definition) is 0. The van der Waals surface area contributed by atoms with E-state index < -0.39 is 0 Å². The molecule has 2 saturated heterocycles. The molecule has 1 unspecified atom stereocenters. The second-order valence-corrected chi connectivity index (χ2v) is 9.19. The molecule has 2 fully saturated rings. The molecule has 1 aromatic rings. The van der Waals surface area contributed by atoms with Gasteiger partial charge in [0.15, 0.2) is 0 Å². The molecule has 2 heterocycles. The number of rotatable bonds is 6. The Hall–Kier alpha value is -1.85. The molecule has 0 aromatic heterocycles. The SMILES string of the molecule is CN1CCC(N(C)C(=O)CCC2CCCN(C(=O)/C=C/c3ccc(Cl)cc3)C2)CC1. The summed E-state index contributed by atoms with van der Waals surface area (Å²) in [6, 6.07) is 7.82. The Labute approximate surface area is 185 Å². The topological polar surface area (TPSA) is 43.9 Å². The van der Waals surface area contributed by atoms with Gasteiger partial charge >= 0.3 is 0 Å². The minimum atomic E-state index is 0.0458. The zero-order valence-corrected chi connectivity index (χ0v) is 19.0. The molecular formula is C24H34ClN3O2. The summed E-state index contributed by atoms with van der Waals surface area (Å²) in [4.78, 5) is 31.5. The average Bonchev–Trinajstić information content (AvgIpc) is 2.77. The van der Waals surface area contributed by atoms with Gasteiger partial charge in [0.25, 0.3) is 0 Å². The lowest BCUT2D eigenvalue weighted by atomic mass is 9.92. The van der Waals surface area contributed by atoms with Crippen molar-refractivity contribution in [2.75, 3.05) is 40.3 Å². The number of amides is 2. The van der Waals surface area contributed by atoms with Gasteiger partial charge in [-0.25, -0.2) is 0 Å². The van der Waals surface area contributed by atoms with Gasteiger partial charge in [-0.05, 0) is 81.9 Å². The fourth-order valence-corrected chi connectivity index (χ4v) is 4.56. The van der Waals surface area contributed by atoms with Gasteiger partial charge in [-0.2, -0.15) is 0 Å². The highest BCUT2D eigenvalue weighted by molar-refractivity contribution is 6.30. The van der Waals surface area contributed by atoms with Crippen LogP contribution < -0.4 is 0 Å². The Morgan fingerprint density at radius 2 is 1.83 bits per heavy atom. The summed E-state index contributed by atoms with van der Waals surface area (Å²) in [6.45, 7) is 3.66. The summed E-state index contributed by atoms with van der Waals surface area (Å²) < 4.78 is 0. The Kier molecular flexibility index (Phi) is 8.34. The van der Waals surface area contributed by atoms with Crippen LogP contribution in [-0.4, -0.2) is 72.8 Å². The van der Waals surface area contributed by atoms with E-state index in [1.54, 1.807) is 6.08 Å². The van der Waals surface area contributed by atoms with Crippen LogP contribution in [0.3, 0.4) is 0 Å². The first kappa shape index (κ1) is 22.8. The first-order valence-corrected chi connectivity index (χ1v) is 11.5. The number of likely N-dealkylation sites (tertiary alicyclic amines) is 2. The van der Waals surface area contributed by atoms with Crippen LogP contribution in [0.4, 0.5) is 0 Å². The van der Waals surface area contributed by atoms with Crippen LogP contribution in [0.2, 0.25) is 5.02 Å². The number of carbonyl (C=O) groups is 2. The van der Waals surface area contributed by atoms with Crippen LogP contribution in [-0.2, 0) is 9.59 Å². The normalized spacial score (nSPS) is 21.2. The molecule has 0 N–H and O–H groups in total. The van der Waals surface area contributed by atoms with E-state index in [9.17, 15) is 9.59 Å². The van der Waals surface area contributed by atoms with Gasteiger partial charge in [-0.1, -0.05) is 23.7 Å². The van der Waals surface area contributed by atoms with Crippen LogP contribution in [0.5, 0.6) is 0 Å². The molecule has 0 spiro atoms. The summed E-state index contributed by atoms with van der Waals surface area (Å²) in [6.07, 6.45) is 9.14. The van der Waals surface area contributed by atoms with Crippen molar-refractivity contribution in [3.8, 4) is 0 Å². The molecule has 2 amide bonds. The molecule has 1 aromatic carbocycles. The zero-order chi connectivity index (χ0) is 21.5. The van der Waals surface area contributed by atoms with E-state index in [2.05, 4.69) is 11.9 Å². The monoisotopic (exact) mass is 431 g/mol. The van der Waals surface area contributed by atoms with Crippen LogP contribution in [0.1, 0.15) is 44.1 Å². The highest BCUT2D eigenvalue weighted by Crippen LogP contribution is 2.23. The summed E-state index contributed by atoms with van der Waals surface area (Å²) >= 11 is 5.91. The molecule has 0 aliphatic carbocycles. The first-order chi connectivity index (χ1) is 14.4. The number of nitrogens with zero attached hydrogens (tertiary/aromatic N) is 3. The van der Waals surface area contributed by atoms with E-state index in [1.165, 1.54) is 0 Å². The van der Waals surface area contributed by atoms with Gasteiger partial charge in [-0.15, -0.1) is 0 Å². The zero-order valence-electron chi connectivity index (χ0n) is 18.2. The third kappa shape index (κ3) is 6.58. The number of carbonyl (C=O) groups excluding carboxylic acids is 2. The Bertz CT molecular complexity index is 741. The number of halogens is 1. The van der Waals surface area contributed by atoms with Gasteiger partial charge in [0, 0.05) is 43.7 Å². The molecule has 2 aliphatic rings. The van der Waals surface area contributed by atoms with Gasteiger partial charge in [0.05, 0.1) is 0 Å². The van der Waals surface area contributed by atoms with Crippen molar-refractivity contribution < 1.29 is 9.59 Å². The molecule has 5 nitrogen and oxygen atoms in total. The van der Waals surface area contributed by atoms with Gasteiger partial charge in [0.2, 0.25) is 11.8 Å². The quantitative estimate of drug-likeness (QED) is 0.641. The van der Waals surface area contributed by atoms with Gasteiger partial charge in [0.1, 0.15) is 0 Å². The van der Waals surface area contributed by atoms with Gasteiger partial charge in [-0.3, -0.25) is 9.59 Å². The Morgan fingerprint density at radius 1 is 1.13 bits per heavy atom. The van der Waals surface area contributed by atoms with Crippen LogP contribution >= 0.6 is 11.6 Å².